The molecule has 0 aliphatic carbocycles. The number of hydrogen-bond donors (Lipinski definition) is 2. The van der Waals surface area contributed by atoms with Gasteiger partial charge in [-0.05, 0) is 65.6 Å². The van der Waals surface area contributed by atoms with Crippen molar-refractivity contribution in [2.24, 2.45) is 4.99 Å². The minimum absolute atomic E-state index is 0. The Bertz CT molecular complexity index is 588. The summed E-state index contributed by atoms with van der Waals surface area (Å²) >= 11 is 0. The molecule has 168 valence electrons. The normalized spacial score (nSPS) is 13.9. The topological polar surface area (TPSA) is 42.9 Å². The molecule has 29 heavy (non-hydrogen) atoms. The summed E-state index contributed by atoms with van der Waals surface area (Å²) in [6.07, 6.45) is 2.13. The van der Waals surface area contributed by atoms with Crippen LogP contribution < -0.4 is 10.6 Å². The number of halogens is 3. The number of likely N-dealkylation sites (N-methyl/N-ethyl adjacent to an activating group) is 1. The zero-order valence-corrected chi connectivity index (χ0v) is 21.0. The Morgan fingerprint density at radius 2 is 1.72 bits per heavy atom. The average molecular weight is 525 g/mol. The molecular formula is C21H38F2IN5. The molecule has 0 fully saturated rings. The highest BCUT2D eigenvalue weighted by Gasteiger charge is 2.22. The minimum Gasteiger partial charge on any atom is -0.354 e. The molecule has 2 atom stereocenters. The van der Waals surface area contributed by atoms with E-state index in [4.69, 9.17) is 0 Å². The number of nitrogens with zero attached hydrogens (tertiary/aromatic N) is 3. The minimum atomic E-state index is -0.534. The third kappa shape index (κ3) is 9.57. The average Bonchev–Trinajstić information content (AvgIpc) is 2.66. The van der Waals surface area contributed by atoms with Crippen molar-refractivity contribution in [3.8, 4) is 0 Å². The van der Waals surface area contributed by atoms with E-state index in [1.165, 1.54) is 18.2 Å². The van der Waals surface area contributed by atoms with Gasteiger partial charge in [-0.1, -0.05) is 19.9 Å². The second-order valence-electron chi connectivity index (χ2n) is 7.28. The van der Waals surface area contributed by atoms with E-state index in [2.05, 4.69) is 41.3 Å². The fourth-order valence-electron chi connectivity index (χ4n) is 3.23. The molecule has 0 saturated heterocycles. The van der Waals surface area contributed by atoms with Crippen molar-refractivity contribution in [1.82, 2.24) is 20.4 Å². The molecule has 0 heterocycles. The van der Waals surface area contributed by atoms with Gasteiger partial charge in [0.2, 0.25) is 0 Å². The predicted octanol–water partition coefficient (Wildman–Crippen LogP) is 3.86. The molecule has 0 aliphatic rings. The molecule has 1 rings (SSSR count). The Labute approximate surface area is 192 Å². The lowest BCUT2D eigenvalue weighted by atomic mass is 10.0. The van der Waals surface area contributed by atoms with Crippen LogP contribution in [0.25, 0.3) is 0 Å². The summed E-state index contributed by atoms with van der Waals surface area (Å²) in [7, 11) is 5.32. The molecule has 1 aromatic rings. The SMILES string of the molecule is CCN(CC)CCCC(C)NC(=NC)NCC(c1c(F)cccc1F)N(C)C.I. The van der Waals surface area contributed by atoms with Crippen molar-refractivity contribution in [3.63, 3.8) is 0 Å². The Balaban J connectivity index is 0.00000784. The van der Waals surface area contributed by atoms with E-state index in [1.807, 2.05) is 14.1 Å². The van der Waals surface area contributed by atoms with Crippen LogP contribution in [0.1, 0.15) is 45.2 Å². The Morgan fingerprint density at radius 1 is 1.14 bits per heavy atom. The van der Waals surface area contributed by atoms with E-state index in [-0.39, 0.29) is 35.6 Å². The van der Waals surface area contributed by atoms with Gasteiger partial charge in [0, 0.05) is 25.2 Å². The van der Waals surface area contributed by atoms with Gasteiger partial charge < -0.3 is 20.4 Å². The first-order valence-electron chi connectivity index (χ1n) is 10.1. The van der Waals surface area contributed by atoms with Crippen molar-refractivity contribution < 1.29 is 8.78 Å². The summed E-state index contributed by atoms with van der Waals surface area (Å²) < 4.78 is 28.4. The zero-order valence-electron chi connectivity index (χ0n) is 18.6. The van der Waals surface area contributed by atoms with Gasteiger partial charge in [-0.25, -0.2) is 8.78 Å². The van der Waals surface area contributed by atoms with Crippen LogP contribution in [0, 0.1) is 11.6 Å². The fraction of sp³-hybridized carbons (Fsp3) is 0.667. The molecule has 5 nitrogen and oxygen atoms in total. The summed E-state index contributed by atoms with van der Waals surface area (Å²) in [5.41, 5.74) is 0.0720. The highest BCUT2D eigenvalue weighted by Crippen LogP contribution is 2.23. The Hall–Kier alpha value is -1.000. The number of aliphatic imine (C=N–C) groups is 1. The summed E-state index contributed by atoms with van der Waals surface area (Å²) in [5.74, 6) is -0.430. The van der Waals surface area contributed by atoms with E-state index in [1.54, 1.807) is 11.9 Å². The monoisotopic (exact) mass is 525 g/mol. The summed E-state index contributed by atoms with van der Waals surface area (Å²) in [6, 6.07) is 3.77. The molecule has 8 heteroatoms. The lowest BCUT2D eigenvalue weighted by molar-refractivity contribution is 0.281. The number of guanidine groups is 1. The van der Waals surface area contributed by atoms with E-state index >= 15 is 0 Å². The molecule has 0 aromatic heterocycles. The van der Waals surface area contributed by atoms with Gasteiger partial charge in [0.1, 0.15) is 11.6 Å². The van der Waals surface area contributed by atoms with Gasteiger partial charge in [0.05, 0.1) is 6.04 Å². The molecule has 0 bridgehead atoms. The van der Waals surface area contributed by atoms with Crippen LogP contribution in [0.5, 0.6) is 0 Å². The molecule has 0 radical (unpaired) electrons. The lowest BCUT2D eigenvalue weighted by Crippen LogP contribution is -2.45. The molecule has 0 spiro atoms. The Morgan fingerprint density at radius 3 is 2.21 bits per heavy atom. The maximum Gasteiger partial charge on any atom is 0.191 e. The standard InChI is InChI=1S/C21H37F2N5.HI/c1-7-28(8-2)14-10-11-16(3)26-21(24-4)25-15-19(27(5)6)20-17(22)12-9-13-18(20)23;/h9,12-13,16,19H,7-8,10-11,14-15H2,1-6H3,(H2,24,25,26);1H. The van der Waals surface area contributed by atoms with E-state index in [9.17, 15) is 8.78 Å². The first-order valence-corrected chi connectivity index (χ1v) is 10.1. The highest BCUT2D eigenvalue weighted by molar-refractivity contribution is 14.0. The van der Waals surface area contributed by atoms with Crippen molar-refractivity contribution in [2.75, 3.05) is 47.3 Å². The first kappa shape index (κ1) is 28.0. The van der Waals surface area contributed by atoms with Crippen LogP contribution in [0.4, 0.5) is 8.78 Å². The summed E-state index contributed by atoms with van der Waals surface area (Å²) in [4.78, 5) is 8.46. The second-order valence-corrected chi connectivity index (χ2v) is 7.28. The summed E-state index contributed by atoms with van der Waals surface area (Å²) in [6.45, 7) is 10.0. The molecule has 0 aliphatic heterocycles. The number of hydrogen-bond acceptors (Lipinski definition) is 3. The van der Waals surface area contributed by atoms with Gasteiger partial charge in [-0.15, -0.1) is 24.0 Å². The Kier molecular flexibility index (Phi) is 14.4. The molecule has 0 saturated carbocycles. The highest BCUT2D eigenvalue weighted by atomic mass is 127. The number of rotatable bonds is 11. The van der Waals surface area contributed by atoms with Gasteiger partial charge in [-0.2, -0.15) is 0 Å². The molecule has 0 amide bonds. The second kappa shape index (κ2) is 14.9. The van der Waals surface area contributed by atoms with Crippen molar-refractivity contribution in [1.29, 1.82) is 0 Å². The predicted molar refractivity (Wildman–Crippen MR) is 129 cm³/mol. The van der Waals surface area contributed by atoms with Gasteiger partial charge in [-0.3, -0.25) is 4.99 Å². The first-order chi connectivity index (χ1) is 13.3. The van der Waals surface area contributed by atoms with E-state index in [0.717, 1.165) is 32.5 Å². The maximum atomic E-state index is 14.2. The lowest BCUT2D eigenvalue weighted by Gasteiger charge is -2.27. The molecule has 2 N–H and O–H groups in total. The van der Waals surface area contributed by atoms with Crippen LogP contribution in [-0.4, -0.2) is 69.1 Å². The number of benzene rings is 1. The van der Waals surface area contributed by atoms with Crippen LogP contribution in [-0.2, 0) is 0 Å². The van der Waals surface area contributed by atoms with Crippen LogP contribution in [0.3, 0.4) is 0 Å². The molecule has 1 aromatic carbocycles. The molecular weight excluding hydrogens is 487 g/mol. The fourth-order valence-corrected chi connectivity index (χ4v) is 3.23. The third-order valence-corrected chi connectivity index (χ3v) is 5.03. The van der Waals surface area contributed by atoms with Crippen LogP contribution in [0.2, 0.25) is 0 Å². The van der Waals surface area contributed by atoms with Crippen molar-refractivity contribution in [3.05, 3.63) is 35.4 Å². The van der Waals surface area contributed by atoms with Crippen molar-refractivity contribution >= 4 is 29.9 Å². The smallest absolute Gasteiger partial charge is 0.191 e. The quantitative estimate of drug-likeness (QED) is 0.262. The third-order valence-electron chi connectivity index (χ3n) is 5.03. The maximum absolute atomic E-state index is 14.2. The van der Waals surface area contributed by atoms with E-state index < -0.39 is 17.7 Å². The van der Waals surface area contributed by atoms with Crippen molar-refractivity contribution in [2.45, 2.75) is 45.7 Å². The van der Waals surface area contributed by atoms with Gasteiger partial charge >= 0.3 is 0 Å². The van der Waals surface area contributed by atoms with Crippen LogP contribution in [0.15, 0.2) is 23.2 Å². The van der Waals surface area contributed by atoms with E-state index in [0.29, 0.717) is 12.5 Å². The zero-order chi connectivity index (χ0) is 21.1. The van der Waals surface area contributed by atoms with Gasteiger partial charge in [0.15, 0.2) is 5.96 Å². The number of nitrogens with one attached hydrogen (secondary N) is 2. The summed E-state index contributed by atoms with van der Waals surface area (Å²) in [5, 5.41) is 6.58. The van der Waals surface area contributed by atoms with Gasteiger partial charge in [0.25, 0.3) is 0 Å². The largest absolute Gasteiger partial charge is 0.354 e. The molecule has 2 unspecified atom stereocenters. The van der Waals surface area contributed by atoms with Crippen LogP contribution >= 0.6 is 24.0 Å².